The van der Waals surface area contributed by atoms with Crippen molar-refractivity contribution in [2.75, 3.05) is 0 Å². The van der Waals surface area contributed by atoms with Gasteiger partial charge in [0, 0.05) is 6.42 Å². The van der Waals surface area contributed by atoms with E-state index in [2.05, 4.69) is 13.8 Å². The summed E-state index contributed by atoms with van der Waals surface area (Å²) in [7, 11) is 0. The first kappa shape index (κ1) is 13.4. The molecule has 1 rings (SSSR count). The molecule has 0 aromatic carbocycles. The fraction of sp³-hybridized carbons (Fsp3) is 0.857. The number of hydrogen-bond acceptors (Lipinski definition) is 2. The second-order valence-corrected chi connectivity index (χ2v) is 5.93. The highest BCUT2D eigenvalue weighted by Gasteiger charge is 2.43. The molecule has 0 radical (unpaired) electrons. The predicted molar refractivity (Wildman–Crippen MR) is 65.3 cm³/mol. The van der Waals surface area contributed by atoms with Crippen LogP contribution in [0.25, 0.3) is 0 Å². The molecule has 1 aliphatic rings. The monoisotopic (exact) mass is 224 g/mol. The van der Waals surface area contributed by atoms with Crippen LogP contribution in [0.4, 0.5) is 0 Å². The zero-order valence-electron chi connectivity index (χ0n) is 11.1. The molecule has 0 aliphatic heterocycles. The molecular weight excluding hydrogens is 200 g/mol. The van der Waals surface area contributed by atoms with Gasteiger partial charge in [-0.25, -0.2) is 0 Å². The van der Waals surface area contributed by atoms with Gasteiger partial charge in [-0.05, 0) is 38.0 Å². The first-order valence-corrected chi connectivity index (χ1v) is 6.38. The molecule has 16 heavy (non-hydrogen) atoms. The molecule has 0 N–H and O–H groups in total. The molecule has 0 saturated heterocycles. The van der Waals surface area contributed by atoms with Gasteiger partial charge in [-0.3, -0.25) is 9.59 Å². The molecule has 0 heterocycles. The van der Waals surface area contributed by atoms with Gasteiger partial charge in [0.05, 0.1) is 5.41 Å². The molecular formula is C14H24O2. The molecule has 2 nitrogen and oxygen atoms in total. The van der Waals surface area contributed by atoms with Crippen LogP contribution in [-0.4, -0.2) is 11.6 Å². The third-order valence-corrected chi connectivity index (χ3v) is 4.21. The lowest BCUT2D eigenvalue weighted by Gasteiger charge is -2.29. The molecule has 1 saturated carbocycles. The summed E-state index contributed by atoms with van der Waals surface area (Å²) in [5, 5.41) is 0. The Bertz CT molecular complexity index is 291. The number of carbonyl (C=O) groups is 2. The lowest BCUT2D eigenvalue weighted by Crippen LogP contribution is -2.37. The van der Waals surface area contributed by atoms with Crippen molar-refractivity contribution < 1.29 is 9.59 Å². The Morgan fingerprint density at radius 3 is 2.19 bits per heavy atom. The fourth-order valence-corrected chi connectivity index (χ4v) is 2.84. The van der Waals surface area contributed by atoms with E-state index < -0.39 is 5.41 Å². The minimum Gasteiger partial charge on any atom is -0.299 e. The maximum Gasteiger partial charge on any atom is 0.146 e. The highest BCUT2D eigenvalue weighted by atomic mass is 16.2. The van der Waals surface area contributed by atoms with Crippen LogP contribution >= 0.6 is 0 Å². The summed E-state index contributed by atoms with van der Waals surface area (Å²) in [5.41, 5.74) is -0.367. The largest absolute Gasteiger partial charge is 0.299 e. The van der Waals surface area contributed by atoms with Crippen LogP contribution in [-0.2, 0) is 9.59 Å². The van der Waals surface area contributed by atoms with Gasteiger partial charge in [0.1, 0.15) is 11.6 Å². The van der Waals surface area contributed by atoms with Crippen LogP contribution in [0.1, 0.15) is 66.2 Å². The number of ketones is 2. The minimum atomic E-state index is -0.650. The van der Waals surface area contributed by atoms with E-state index in [1.54, 1.807) is 6.92 Å². The van der Waals surface area contributed by atoms with Gasteiger partial charge in [0.15, 0.2) is 0 Å². The van der Waals surface area contributed by atoms with E-state index in [-0.39, 0.29) is 17.0 Å². The summed E-state index contributed by atoms with van der Waals surface area (Å²) in [6.45, 7) is 7.92. The van der Waals surface area contributed by atoms with Crippen molar-refractivity contribution in [2.24, 2.45) is 10.8 Å². The normalized spacial score (nSPS) is 29.5. The van der Waals surface area contributed by atoms with Crippen LogP contribution in [0.5, 0.6) is 0 Å². The Labute approximate surface area is 98.8 Å². The molecule has 1 unspecified atom stereocenters. The van der Waals surface area contributed by atoms with Gasteiger partial charge < -0.3 is 0 Å². The van der Waals surface area contributed by atoms with E-state index in [9.17, 15) is 9.59 Å². The summed E-state index contributed by atoms with van der Waals surface area (Å²) in [6, 6.07) is 0. The number of hydrogen-bond donors (Lipinski definition) is 0. The Morgan fingerprint density at radius 1 is 1.06 bits per heavy atom. The third-order valence-electron chi connectivity index (χ3n) is 4.21. The number of carbonyl (C=O) groups excluding carboxylic acids is 2. The second-order valence-electron chi connectivity index (χ2n) is 5.93. The van der Waals surface area contributed by atoms with Gasteiger partial charge >= 0.3 is 0 Å². The van der Waals surface area contributed by atoms with Gasteiger partial charge in [-0.1, -0.05) is 27.2 Å². The van der Waals surface area contributed by atoms with Crippen LogP contribution in [0, 0.1) is 10.8 Å². The first-order chi connectivity index (χ1) is 7.34. The fourth-order valence-electron chi connectivity index (χ4n) is 2.84. The molecule has 0 amide bonds. The van der Waals surface area contributed by atoms with E-state index in [1.807, 2.05) is 6.92 Å². The average molecular weight is 224 g/mol. The quantitative estimate of drug-likeness (QED) is 0.543. The smallest absolute Gasteiger partial charge is 0.146 e. The lowest BCUT2D eigenvalue weighted by molar-refractivity contribution is -0.140. The molecule has 2 heteroatoms. The number of rotatable bonds is 3. The Hall–Kier alpha value is -0.660. The molecule has 1 atom stereocenters. The summed E-state index contributed by atoms with van der Waals surface area (Å²) in [5.74, 6) is 0.231. The molecule has 0 bridgehead atoms. The first-order valence-electron chi connectivity index (χ1n) is 6.38. The average Bonchev–Trinajstić information content (AvgIpc) is 2.36. The van der Waals surface area contributed by atoms with Crippen LogP contribution in [0.2, 0.25) is 0 Å². The standard InChI is InChI=1S/C14H24O2/c1-5-12(16)14(11(2)15)8-6-7-13(3,4)9-10-14/h5-10H2,1-4H3. The molecule has 1 aliphatic carbocycles. The Morgan fingerprint density at radius 2 is 1.69 bits per heavy atom. The van der Waals surface area contributed by atoms with Crippen LogP contribution in [0.3, 0.4) is 0 Å². The summed E-state index contributed by atoms with van der Waals surface area (Å²) >= 11 is 0. The van der Waals surface area contributed by atoms with Crippen molar-refractivity contribution >= 4 is 11.6 Å². The molecule has 0 aromatic heterocycles. The zero-order chi connectivity index (χ0) is 12.4. The lowest BCUT2D eigenvalue weighted by atomic mass is 9.72. The van der Waals surface area contributed by atoms with Crippen LogP contribution in [0.15, 0.2) is 0 Å². The van der Waals surface area contributed by atoms with Gasteiger partial charge in [-0.2, -0.15) is 0 Å². The molecule has 0 spiro atoms. The minimum absolute atomic E-state index is 0.0806. The third kappa shape index (κ3) is 2.53. The molecule has 1 fully saturated rings. The van der Waals surface area contributed by atoms with Crippen molar-refractivity contribution in [3.63, 3.8) is 0 Å². The molecule has 0 aromatic rings. The highest BCUT2D eigenvalue weighted by Crippen LogP contribution is 2.44. The van der Waals surface area contributed by atoms with Gasteiger partial charge in [0.25, 0.3) is 0 Å². The van der Waals surface area contributed by atoms with E-state index in [0.717, 1.165) is 32.1 Å². The Kier molecular flexibility index (Phi) is 3.92. The van der Waals surface area contributed by atoms with Crippen molar-refractivity contribution in [2.45, 2.75) is 66.2 Å². The van der Waals surface area contributed by atoms with Gasteiger partial charge in [0.2, 0.25) is 0 Å². The number of Topliss-reactive ketones (excluding diaryl/α,β-unsaturated/α-hetero) is 2. The van der Waals surface area contributed by atoms with Crippen molar-refractivity contribution in [3.8, 4) is 0 Å². The van der Waals surface area contributed by atoms with Crippen LogP contribution < -0.4 is 0 Å². The van der Waals surface area contributed by atoms with E-state index >= 15 is 0 Å². The zero-order valence-corrected chi connectivity index (χ0v) is 11.1. The second kappa shape index (κ2) is 4.68. The summed E-state index contributed by atoms with van der Waals surface area (Å²) in [4.78, 5) is 23.9. The van der Waals surface area contributed by atoms with Crippen molar-refractivity contribution in [3.05, 3.63) is 0 Å². The molecule has 92 valence electrons. The van der Waals surface area contributed by atoms with Crippen molar-refractivity contribution in [1.29, 1.82) is 0 Å². The van der Waals surface area contributed by atoms with E-state index in [1.165, 1.54) is 0 Å². The van der Waals surface area contributed by atoms with Gasteiger partial charge in [-0.15, -0.1) is 0 Å². The maximum atomic E-state index is 12.1. The maximum absolute atomic E-state index is 12.1. The highest BCUT2D eigenvalue weighted by molar-refractivity contribution is 6.05. The van der Waals surface area contributed by atoms with E-state index in [4.69, 9.17) is 0 Å². The summed E-state index contributed by atoms with van der Waals surface area (Å²) < 4.78 is 0. The van der Waals surface area contributed by atoms with Crippen molar-refractivity contribution in [1.82, 2.24) is 0 Å². The Balaban J connectivity index is 2.95. The predicted octanol–water partition coefficient (Wildman–Crippen LogP) is 3.53. The SMILES string of the molecule is CCC(=O)C1(C(C)=O)CCCC(C)(C)CC1. The van der Waals surface area contributed by atoms with E-state index in [0.29, 0.717) is 6.42 Å². The summed E-state index contributed by atoms with van der Waals surface area (Å²) in [6.07, 6.45) is 5.11. The topological polar surface area (TPSA) is 34.1 Å².